The minimum atomic E-state index is 0.245. The third kappa shape index (κ3) is 5.13. The lowest BCUT2D eigenvalue weighted by Gasteiger charge is -2.30. The first-order valence-corrected chi connectivity index (χ1v) is 9.14. The lowest BCUT2D eigenvalue weighted by atomic mass is 10.1. The summed E-state index contributed by atoms with van der Waals surface area (Å²) in [5.41, 5.74) is 9.23. The van der Waals surface area contributed by atoms with E-state index < -0.39 is 0 Å². The summed E-state index contributed by atoms with van der Waals surface area (Å²) < 4.78 is 5.39. The van der Waals surface area contributed by atoms with Crippen LogP contribution in [-0.4, -0.2) is 50.2 Å². The van der Waals surface area contributed by atoms with Gasteiger partial charge in [-0.15, -0.1) is 0 Å². The van der Waals surface area contributed by atoms with Crippen LogP contribution < -0.4 is 10.6 Å². The van der Waals surface area contributed by atoms with Crippen molar-refractivity contribution < 1.29 is 9.53 Å². The zero-order chi connectivity index (χ0) is 17.4. The highest BCUT2D eigenvalue weighted by molar-refractivity contribution is 5.76. The first-order valence-electron chi connectivity index (χ1n) is 9.14. The molecule has 1 heterocycles. The second-order valence-electron chi connectivity index (χ2n) is 6.37. The average molecular weight is 333 g/mol. The van der Waals surface area contributed by atoms with E-state index in [4.69, 9.17) is 10.5 Å². The summed E-state index contributed by atoms with van der Waals surface area (Å²) in [6.07, 6.45) is 3.31. The third-order valence-corrected chi connectivity index (χ3v) is 4.41. The summed E-state index contributed by atoms with van der Waals surface area (Å²) in [5, 5.41) is 0. The molecule has 0 atom stereocenters. The summed E-state index contributed by atoms with van der Waals surface area (Å²) in [6.45, 7) is 9.19. The van der Waals surface area contributed by atoms with Crippen LogP contribution in [0.15, 0.2) is 18.2 Å². The van der Waals surface area contributed by atoms with Gasteiger partial charge in [-0.1, -0.05) is 19.9 Å². The van der Waals surface area contributed by atoms with E-state index in [1.54, 1.807) is 0 Å². The summed E-state index contributed by atoms with van der Waals surface area (Å²) in [6, 6.07) is 6.19. The zero-order valence-electron chi connectivity index (χ0n) is 15.1. The Hall–Kier alpha value is -1.75. The van der Waals surface area contributed by atoms with Gasteiger partial charge >= 0.3 is 0 Å². The van der Waals surface area contributed by atoms with Gasteiger partial charge in [0.2, 0.25) is 5.91 Å². The molecule has 0 radical (unpaired) electrons. The van der Waals surface area contributed by atoms with E-state index >= 15 is 0 Å². The van der Waals surface area contributed by atoms with Crippen molar-refractivity contribution in [2.75, 3.05) is 50.0 Å². The minimum Gasteiger partial charge on any atom is -0.397 e. The van der Waals surface area contributed by atoms with Crippen LogP contribution in [0.3, 0.4) is 0 Å². The molecule has 5 heteroatoms. The summed E-state index contributed by atoms with van der Waals surface area (Å²) >= 11 is 0. The number of benzene rings is 1. The number of morpholine rings is 1. The second kappa shape index (κ2) is 9.52. The predicted molar refractivity (Wildman–Crippen MR) is 99.4 cm³/mol. The van der Waals surface area contributed by atoms with Crippen LogP contribution >= 0.6 is 0 Å². The van der Waals surface area contributed by atoms with Gasteiger partial charge in [0, 0.05) is 32.6 Å². The molecule has 5 nitrogen and oxygen atoms in total. The number of amides is 1. The molecule has 0 saturated carbocycles. The molecule has 134 valence electrons. The van der Waals surface area contributed by atoms with Gasteiger partial charge < -0.3 is 20.3 Å². The Morgan fingerprint density at radius 3 is 2.46 bits per heavy atom. The molecule has 1 aromatic carbocycles. The van der Waals surface area contributed by atoms with Gasteiger partial charge in [0.1, 0.15) is 0 Å². The van der Waals surface area contributed by atoms with Crippen LogP contribution in [0.4, 0.5) is 11.4 Å². The van der Waals surface area contributed by atoms with Gasteiger partial charge in [-0.3, -0.25) is 4.79 Å². The molecule has 1 saturated heterocycles. The Balaban J connectivity index is 1.93. The van der Waals surface area contributed by atoms with E-state index in [0.29, 0.717) is 6.42 Å². The number of aryl methyl sites for hydroxylation is 1. The molecule has 2 rings (SSSR count). The van der Waals surface area contributed by atoms with E-state index in [2.05, 4.69) is 30.9 Å². The number of carbonyl (C=O) groups is 1. The molecule has 1 aliphatic rings. The molecule has 0 bridgehead atoms. The van der Waals surface area contributed by atoms with E-state index in [1.165, 1.54) is 0 Å². The van der Waals surface area contributed by atoms with Crippen LogP contribution in [0.1, 0.15) is 38.7 Å². The van der Waals surface area contributed by atoms with Crippen LogP contribution in [-0.2, 0) is 16.0 Å². The van der Waals surface area contributed by atoms with Gasteiger partial charge in [0.05, 0.1) is 24.6 Å². The molecule has 0 unspecified atom stereocenters. The molecular formula is C19H31N3O2. The molecule has 24 heavy (non-hydrogen) atoms. The van der Waals surface area contributed by atoms with Crippen molar-refractivity contribution in [2.45, 2.75) is 39.5 Å². The standard InChI is InChI=1S/C19H31N3O2/c1-3-9-22(10-4-2)19(23)8-6-16-5-7-18(17(20)15-16)21-11-13-24-14-12-21/h5,7,15H,3-4,6,8-14,20H2,1-2H3. The molecule has 1 aromatic rings. The van der Waals surface area contributed by atoms with Gasteiger partial charge in [0.25, 0.3) is 0 Å². The number of hydrogen-bond donors (Lipinski definition) is 1. The molecule has 1 fully saturated rings. The molecule has 1 aliphatic heterocycles. The maximum absolute atomic E-state index is 12.4. The monoisotopic (exact) mass is 333 g/mol. The Morgan fingerprint density at radius 1 is 1.21 bits per heavy atom. The largest absolute Gasteiger partial charge is 0.397 e. The van der Waals surface area contributed by atoms with Gasteiger partial charge in [-0.25, -0.2) is 0 Å². The lowest BCUT2D eigenvalue weighted by molar-refractivity contribution is -0.131. The second-order valence-corrected chi connectivity index (χ2v) is 6.37. The van der Waals surface area contributed by atoms with Gasteiger partial charge in [0.15, 0.2) is 0 Å². The van der Waals surface area contributed by atoms with Crippen molar-refractivity contribution in [3.05, 3.63) is 23.8 Å². The predicted octanol–water partition coefficient (Wildman–Crippen LogP) is 2.69. The number of nitrogens with two attached hydrogens (primary N) is 1. The van der Waals surface area contributed by atoms with Crippen LogP contribution in [0.5, 0.6) is 0 Å². The van der Waals surface area contributed by atoms with E-state index in [9.17, 15) is 4.79 Å². The zero-order valence-corrected chi connectivity index (χ0v) is 15.1. The highest BCUT2D eigenvalue weighted by Gasteiger charge is 2.15. The van der Waals surface area contributed by atoms with Crippen molar-refractivity contribution in [1.29, 1.82) is 0 Å². The SMILES string of the molecule is CCCN(CCC)C(=O)CCc1ccc(N2CCOCC2)c(N)c1. The summed E-state index contributed by atoms with van der Waals surface area (Å²) in [5.74, 6) is 0.245. The number of nitrogen functional groups attached to an aromatic ring is 1. The van der Waals surface area contributed by atoms with E-state index in [1.807, 2.05) is 11.0 Å². The minimum absolute atomic E-state index is 0.245. The highest BCUT2D eigenvalue weighted by atomic mass is 16.5. The fraction of sp³-hybridized carbons (Fsp3) is 0.632. The molecule has 1 amide bonds. The smallest absolute Gasteiger partial charge is 0.222 e. The number of anilines is 2. The molecule has 0 spiro atoms. The molecule has 0 aromatic heterocycles. The quantitative estimate of drug-likeness (QED) is 0.743. The van der Waals surface area contributed by atoms with Crippen molar-refractivity contribution in [1.82, 2.24) is 4.90 Å². The average Bonchev–Trinajstić information content (AvgIpc) is 2.60. The normalized spacial score (nSPS) is 14.7. The van der Waals surface area contributed by atoms with Gasteiger partial charge in [-0.05, 0) is 37.0 Å². The van der Waals surface area contributed by atoms with Gasteiger partial charge in [-0.2, -0.15) is 0 Å². The molecular weight excluding hydrogens is 302 g/mol. The number of ether oxygens (including phenoxy) is 1. The number of nitrogens with zero attached hydrogens (tertiary/aromatic N) is 2. The molecule has 0 aliphatic carbocycles. The topological polar surface area (TPSA) is 58.8 Å². The molecule has 2 N–H and O–H groups in total. The maximum atomic E-state index is 12.4. The number of carbonyl (C=O) groups excluding carboxylic acids is 1. The highest BCUT2D eigenvalue weighted by Crippen LogP contribution is 2.25. The van der Waals surface area contributed by atoms with Crippen molar-refractivity contribution >= 4 is 17.3 Å². The van der Waals surface area contributed by atoms with Crippen LogP contribution in [0.2, 0.25) is 0 Å². The van der Waals surface area contributed by atoms with Crippen molar-refractivity contribution in [2.24, 2.45) is 0 Å². The van der Waals surface area contributed by atoms with Crippen LogP contribution in [0.25, 0.3) is 0 Å². The first-order chi connectivity index (χ1) is 11.7. The lowest BCUT2D eigenvalue weighted by Crippen LogP contribution is -2.36. The fourth-order valence-electron chi connectivity index (χ4n) is 3.16. The Labute approximate surface area is 145 Å². The Kier molecular flexibility index (Phi) is 7.37. The fourth-order valence-corrected chi connectivity index (χ4v) is 3.16. The maximum Gasteiger partial charge on any atom is 0.222 e. The number of rotatable bonds is 8. The number of hydrogen-bond acceptors (Lipinski definition) is 4. The summed E-state index contributed by atoms with van der Waals surface area (Å²) in [4.78, 5) is 16.6. The first kappa shape index (κ1) is 18.6. The van der Waals surface area contributed by atoms with Crippen LogP contribution in [0, 0.1) is 0 Å². The Morgan fingerprint density at radius 2 is 1.88 bits per heavy atom. The van der Waals surface area contributed by atoms with E-state index in [-0.39, 0.29) is 5.91 Å². The summed E-state index contributed by atoms with van der Waals surface area (Å²) in [7, 11) is 0. The van der Waals surface area contributed by atoms with Crippen molar-refractivity contribution in [3.63, 3.8) is 0 Å². The Bertz CT molecular complexity index is 521. The van der Waals surface area contributed by atoms with Crippen molar-refractivity contribution in [3.8, 4) is 0 Å². The third-order valence-electron chi connectivity index (χ3n) is 4.41. The van der Waals surface area contributed by atoms with E-state index in [0.717, 1.165) is 75.6 Å².